The van der Waals surface area contributed by atoms with E-state index in [2.05, 4.69) is 15.3 Å². The SMILES string of the molecule is CNc1nc(-c2ccc(OC)c(F)c2)nc2c1CCCC2. The summed E-state index contributed by atoms with van der Waals surface area (Å²) >= 11 is 0. The van der Waals surface area contributed by atoms with Crippen LogP contribution in [0.4, 0.5) is 10.2 Å². The fourth-order valence-corrected chi connectivity index (χ4v) is 2.74. The van der Waals surface area contributed by atoms with Crippen LogP contribution in [0.5, 0.6) is 5.75 Å². The smallest absolute Gasteiger partial charge is 0.165 e. The van der Waals surface area contributed by atoms with Gasteiger partial charge in [0.1, 0.15) is 5.82 Å². The molecule has 4 nitrogen and oxygen atoms in total. The number of anilines is 1. The average Bonchev–Trinajstić information content (AvgIpc) is 2.53. The maximum Gasteiger partial charge on any atom is 0.165 e. The Morgan fingerprint density at radius 2 is 2.00 bits per heavy atom. The molecule has 1 aromatic heterocycles. The Hall–Kier alpha value is -2.17. The van der Waals surface area contributed by atoms with Gasteiger partial charge in [0.25, 0.3) is 0 Å². The van der Waals surface area contributed by atoms with Crippen molar-refractivity contribution < 1.29 is 9.13 Å². The van der Waals surface area contributed by atoms with Crippen molar-refractivity contribution in [3.05, 3.63) is 35.3 Å². The fourth-order valence-electron chi connectivity index (χ4n) is 2.74. The summed E-state index contributed by atoms with van der Waals surface area (Å²) in [5.74, 6) is 1.24. The van der Waals surface area contributed by atoms with Gasteiger partial charge in [0.15, 0.2) is 17.4 Å². The highest BCUT2D eigenvalue weighted by molar-refractivity contribution is 5.61. The van der Waals surface area contributed by atoms with Gasteiger partial charge in [0.05, 0.1) is 7.11 Å². The number of fused-ring (bicyclic) bond motifs is 1. The van der Waals surface area contributed by atoms with Crippen LogP contribution in [0, 0.1) is 5.82 Å². The lowest BCUT2D eigenvalue weighted by atomic mass is 9.96. The Balaban J connectivity index is 2.08. The number of nitrogens with one attached hydrogen (secondary N) is 1. The second-order valence-electron chi connectivity index (χ2n) is 5.13. The van der Waals surface area contributed by atoms with E-state index in [9.17, 15) is 4.39 Å². The van der Waals surface area contributed by atoms with E-state index in [0.717, 1.165) is 30.8 Å². The molecule has 0 saturated carbocycles. The molecule has 0 unspecified atom stereocenters. The summed E-state index contributed by atoms with van der Waals surface area (Å²) < 4.78 is 18.8. The second kappa shape index (κ2) is 5.68. The second-order valence-corrected chi connectivity index (χ2v) is 5.13. The molecular weight excluding hydrogens is 269 g/mol. The lowest BCUT2D eigenvalue weighted by Crippen LogP contribution is -2.12. The van der Waals surface area contributed by atoms with E-state index >= 15 is 0 Å². The lowest BCUT2D eigenvalue weighted by molar-refractivity contribution is 0.386. The number of hydrogen-bond acceptors (Lipinski definition) is 4. The van der Waals surface area contributed by atoms with E-state index in [-0.39, 0.29) is 5.75 Å². The number of nitrogens with zero attached hydrogens (tertiary/aromatic N) is 2. The van der Waals surface area contributed by atoms with Crippen LogP contribution < -0.4 is 10.1 Å². The number of benzene rings is 1. The average molecular weight is 287 g/mol. The third-order valence-electron chi connectivity index (χ3n) is 3.83. The van der Waals surface area contributed by atoms with Crippen molar-refractivity contribution in [1.82, 2.24) is 9.97 Å². The molecule has 0 atom stereocenters. The fraction of sp³-hybridized carbons (Fsp3) is 0.375. The van der Waals surface area contributed by atoms with Crippen LogP contribution in [0.15, 0.2) is 18.2 Å². The van der Waals surface area contributed by atoms with E-state index in [1.54, 1.807) is 12.1 Å². The quantitative estimate of drug-likeness (QED) is 0.941. The van der Waals surface area contributed by atoms with Crippen LogP contribution >= 0.6 is 0 Å². The van der Waals surface area contributed by atoms with Gasteiger partial charge in [-0.3, -0.25) is 0 Å². The van der Waals surface area contributed by atoms with Gasteiger partial charge < -0.3 is 10.1 Å². The molecule has 1 aliphatic rings. The molecule has 0 radical (unpaired) electrons. The van der Waals surface area contributed by atoms with E-state index < -0.39 is 5.82 Å². The van der Waals surface area contributed by atoms with Crippen LogP contribution in [0.1, 0.15) is 24.1 Å². The molecule has 1 heterocycles. The number of methoxy groups -OCH3 is 1. The van der Waals surface area contributed by atoms with Crippen LogP contribution in [0.3, 0.4) is 0 Å². The van der Waals surface area contributed by atoms with Gasteiger partial charge in [-0.2, -0.15) is 0 Å². The maximum absolute atomic E-state index is 13.9. The minimum Gasteiger partial charge on any atom is -0.494 e. The summed E-state index contributed by atoms with van der Waals surface area (Å²) in [6.45, 7) is 0. The predicted octanol–water partition coefficient (Wildman–Crippen LogP) is 3.21. The molecule has 0 saturated heterocycles. The van der Waals surface area contributed by atoms with Crippen molar-refractivity contribution in [3.63, 3.8) is 0 Å². The number of ether oxygens (including phenoxy) is 1. The summed E-state index contributed by atoms with van der Waals surface area (Å²) in [6.07, 6.45) is 4.27. The predicted molar refractivity (Wildman–Crippen MR) is 80.2 cm³/mol. The number of halogens is 1. The molecule has 5 heteroatoms. The number of aryl methyl sites for hydroxylation is 1. The molecule has 0 spiro atoms. The van der Waals surface area contributed by atoms with Gasteiger partial charge in [-0.25, -0.2) is 14.4 Å². The van der Waals surface area contributed by atoms with Crippen molar-refractivity contribution in [2.75, 3.05) is 19.5 Å². The molecule has 0 fully saturated rings. The van der Waals surface area contributed by atoms with Gasteiger partial charge in [-0.1, -0.05) is 0 Å². The summed E-state index contributed by atoms with van der Waals surface area (Å²) in [5.41, 5.74) is 2.94. The van der Waals surface area contributed by atoms with Crippen molar-refractivity contribution in [2.45, 2.75) is 25.7 Å². The van der Waals surface area contributed by atoms with E-state index in [0.29, 0.717) is 11.4 Å². The van der Waals surface area contributed by atoms with Crippen LogP contribution in [0.2, 0.25) is 0 Å². The first kappa shape index (κ1) is 13.8. The zero-order chi connectivity index (χ0) is 14.8. The van der Waals surface area contributed by atoms with Crippen LogP contribution in [-0.4, -0.2) is 24.1 Å². The van der Waals surface area contributed by atoms with Gasteiger partial charge in [-0.15, -0.1) is 0 Å². The summed E-state index contributed by atoms with van der Waals surface area (Å²) in [6, 6.07) is 4.81. The van der Waals surface area contributed by atoms with Gasteiger partial charge in [0.2, 0.25) is 0 Å². The molecule has 21 heavy (non-hydrogen) atoms. The molecule has 0 aliphatic heterocycles. The number of rotatable bonds is 3. The molecule has 1 N–H and O–H groups in total. The minimum atomic E-state index is -0.401. The maximum atomic E-state index is 13.9. The highest BCUT2D eigenvalue weighted by Gasteiger charge is 2.18. The first-order valence-corrected chi connectivity index (χ1v) is 7.14. The van der Waals surface area contributed by atoms with Crippen molar-refractivity contribution >= 4 is 5.82 Å². The topological polar surface area (TPSA) is 47.0 Å². The molecule has 1 aliphatic carbocycles. The third kappa shape index (κ3) is 2.55. The molecule has 3 rings (SSSR count). The molecule has 110 valence electrons. The van der Waals surface area contributed by atoms with E-state index in [4.69, 9.17) is 4.74 Å². The molecule has 1 aromatic carbocycles. The summed E-state index contributed by atoms with van der Waals surface area (Å²) in [4.78, 5) is 9.17. The monoisotopic (exact) mass is 287 g/mol. The van der Waals surface area contributed by atoms with E-state index in [1.165, 1.54) is 25.2 Å². The van der Waals surface area contributed by atoms with Gasteiger partial charge in [0, 0.05) is 23.9 Å². The molecule has 0 amide bonds. The number of aromatic nitrogens is 2. The third-order valence-corrected chi connectivity index (χ3v) is 3.83. The van der Waals surface area contributed by atoms with Gasteiger partial charge in [-0.05, 0) is 43.9 Å². The highest BCUT2D eigenvalue weighted by Crippen LogP contribution is 2.29. The normalized spacial score (nSPS) is 13.7. The highest BCUT2D eigenvalue weighted by atomic mass is 19.1. The standard InChI is InChI=1S/C16H18FN3O/c1-18-16-11-5-3-4-6-13(11)19-15(20-16)10-7-8-14(21-2)12(17)9-10/h7-9H,3-6H2,1-2H3,(H,18,19,20). The van der Waals surface area contributed by atoms with Crippen LogP contribution in [-0.2, 0) is 12.8 Å². The molecule has 0 bridgehead atoms. The zero-order valence-electron chi connectivity index (χ0n) is 12.2. The van der Waals surface area contributed by atoms with Crippen molar-refractivity contribution in [1.29, 1.82) is 0 Å². The Kier molecular flexibility index (Phi) is 3.73. The lowest BCUT2D eigenvalue weighted by Gasteiger charge is -2.19. The Bertz CT molecular complexity index is 656. The van der Waals surface area contributed by atoms with Gasteiger partial charge >= 0.3 is 0 Å². The minimum absolute atomic E-state index is 0.227. The Labute approximate surface area is 123 Å². The largest absolute Gasteiger partial charge is 0.494 e. The Morgan fingerprint density at radius 3 is 2.71 bits per heavy atom. The molecule has 2 aromatic rings. The Morgan fingerprint density at radius 1 is 1.19 bits per heavy atom. The van der Waals surface area contributed by atoms with Crippen molar-refractivity contribution in [2.24, 2.45) is 0 Å². The first-order valence-electron chi connectivity index (χ1n) is 7.14. The summed E-state index contributed by atoms with van der Waals surface area (Å²) in [7, 11) is 3.31. The van der Waals surface area contributed by atoms with E-state index in [1.807, 2.05) is 7.05 Å². The van der Waals surface area contributed by atoms with Crippen LogP contribution in [0.25, 0.3) is 11.4 Å². The first-order chi connectivity index (χ1) is 10.2. The molecular formula is C16H18FN3O. The zero-order valence-corrected chi connectivity index (χ0v) is 12.2. The number of hydrogen-bond donors (Lipinski definition) is 1. The van der Waals surface area contributed by atoms with Crippen molar-refractivity contribution in [3.8, 4) is 17.1 Å². The summed E-state index contributed by atoms with van der Waals surface area (Å²) in [5, 5.41) is 3.13.